The summed E-state index contributed by atoms with van der Waals surface area (Å²) >= 11 is 0. The second-order valence-corrected chi connectivity index (χ2v) is 8.58. The highest BCUT2D eigenvalue weighted by molar-refractivity contribution is 6.09. The topological polar surface area (TPSA) is 80.8 Å². The Labute approximate surface area is 206 Å². The molecule has 1 aliphatic carbocycles. The number of carbonyl (C=O) groups is 2. The van der Waals surface area contributed by atoms with Gasteiger partial charge < -0.3 is 14.8 Å². The molecule has 1 aliphatic rings. The van der Waals surface area contributed by atoms with Crippen molar-refractivity contribution in [3.63, 3.8) is 0 Å². The average molecular weight is 474 g/mol. The molecule has 1 saturated carbocycles. The lowest BCUT2D eigenvalue weighted by atomic mass is 9.94. The molecule has 7 heteroatoms. The lowest BCUT2D eigenvalue weighted by molar-refractivity contribution is -0.123. The van der Waals surface area contributed by atoms with Crippen molar-refractivity contribution < 1.29 is 19.1 Å². The Morgan fingerprint density at radius 1 is 0.943 bits per heavy atom. The minimum atomic E-state index is -1.00. The van der Waals surface area contributed by atoms with E-state index in [1.165, 1.54) is 11.3 Å². The van der Waals surface area contributed by atoms with Crippen molar-refractivity contribution in [2.24, 2.45) is 0 Å². The molecule has 1 fully saturated rings. The molecular formula is C28H31N3O4. The smallest absolute Gasteiger partial charge is 0.277 e. The van der Waals surface area contributed by atoms with Crippen molar-refractivity contribution in [2.45, 2.75) is 44.2 Å². The highest BCUT2D eigenvalue weighted by atomic mass is 16.5. The molecule has 0 aliphatic heterocycles. The van der Waals surface area contributed by atoms with Gasteiger partial charge >= 0.3 is 0 Å². The highest BCUT2D eigenvalue weighted by Gasteiger charge is 2.37. The van der Waals surface area contributed by atoms with Crippen molar-refractivity contribution in [1.82, 2.24) is 10.3 Å². The lowest BCUT2D eigenvalue weighted by Crippen LogP contribution is -2.47. The number of hydrogen-bond donors (Lipinski definition) is 1. The van der Waals surface area contributed by atoms with E-state index in [-0.39, 0.29) is 23.6 Å². The number of methoxy groups -OCH3 is 2. The number of para-hydroxylation sites is 1. The molecule has 1 heterocycles. The first-order valence-corrected chi connectivity index (χ1v) is 11.9. The molecular weight excluding hydrogens is 442 g/mol. The zero-order valence-corrected chi connectivity index (χ0v) is 20.1. The van der Waals surface area contributed by atoms with Crippen LogP contribution in [0.5, 0.6) is 11.5 Å². The molecule has 1 atom stereocenters. The van der Waals surface area contributed by atoms with E-state index in [4.69, 9.17) is 9.47 Å². The summed E-state index contributed by atoms with van der Waals surface area (Å²) in [5.41, 5.74) is 1.36. The van der Waals surface area contributed by atoms with Crippen LogP contribution in [0.1, 0.15) is 54.2 Å². The summed E-state index contributed by atoms with van der Waals surface area (Å²) in [7, 11) is 3.12. The molecule has 182 valence electrons. The maximum absolute atomic E-state index is 14.0. The molecule has 3 aromatic rings. The van der Waals surface area contributed by atoms with Crippen molar-refractivity contribution in [3.05, 3.63) is 84.2 Å². The average Bonchev–Trinajstić information content (AvgIpc) is 2.92. The van der Waals surface area contributed by atoms with Crippen molar-refractivity contribution in [1.29, 1.82) is 0 Å². The van der Waals surface area contributed by atoms with Gasteiger partial charge in [-0.05, 0) is 55.3 Å². The summed E-state index contributed by atoms with van der Waals surface area (Å²) in [5.74, 6) is 0.404. The maximum Gasteiger partial charge on any atom is 0.277 e. The molecule has 0 spiro atoms. The SMILES string of the molecule is COc1ccc(OC)c([C@@H](C(=O)NC2CCCCC2)N(C(=O)c2ccccn2)c2ccccc2)c1. The first-order chi connectivity index (χ1) is 17.1. The Morgan fingerprint density at radius 3 is 2.34 bits per heavy atom. The van der Waals surface area contributed by atoms with Gasteiger partial charge in [-0.2, -0.15) is 0 Å². The zero-order chi connectivity index (χ0) is 24.6. The molecule has 0 saturated heterocycles. The zero-order valence-electron chi connectivity index (χ0n) is 20.1. The number of rotatable bonds is 8. The molecule has 2 amide bonds. The summed E-state index contributed by atoms with van der Waals surface area (Å²) in [6.07, 6.45) is 6.74. The number of hydrogen-bond acceptors (Lipinski definition) is 5. The van der Waals surface area contributed by atoms with Gasteiger partial charge in [0.2, 0.25) is 5.91 Å². The number of pyridine rings is 1. The summed E-state index contributed by atoms with van der Waals surface area (Å²) in [6, 6.07) is 18.7. The van der Waals surface area contributed by atoms with Crippen LogP contribution in [-0.4, -0.2) is 37.1 Å². The highest BCUT2D eigenvalue weighted by Crippen LogP contribution is 2.37. The van der Waals surface area contributed by atoms with E-state index in [2.05, 4.69) is 10.3 Å². The number of anilines is 1. The Balaban J connectivity index is 1.86. The van der Waals surface area contributed by atoms with Gasteiger partial charge in [0.05, 0.1) is 14.2 Å². The van der Waals surface area contributed by atoms with Crippen molar-refractivity contribution in [3.8, 4) is 11.5 Å². The fourth-order valence-electron chi connectivity index (χ4n) is 4.56. The van der Waals surface area contributed by atoms with E-state index in [9.17, 15) is 9.59 Å². The standard InChI is InChI=1S/C28H31N3O4/c1-34-22-16-17-25(35-2)23(19-22)26(27(32)30-20-11-5-3-6-12-20)31(21-13-7-4-8-14-21)28(33)24-15-9-10-18-29-24/h4,7-10,13-20,26H,3,5-6,11-12H2,1-2H3,(H,30,32)/t26-/m0/s1. The first-order valence-electron chi connectivity index (χ1n) is 11.9. The van der Waals surface area contributed by atoms with E-state index < -0.39 is 6.04 Å². The van der Waals surface area contributed by atoms with Gasteiger partial charge in [0.1, 0.15) is 23.2 Å². The van der Waals surface area contributed by atoms with Crippen LogP contribution in [0, 0.1) is 0 Å². The second kappa shape index (κ2) is 11.5. The summed E-state index contributed by atoms with van der Waals surface area (Å²) < 4.78 is 11.1. The predicted molar refractivity (Wildman–Crippen MR) is 135 cm³/mol. The van der Waals surface area contributed by atoms with Gasteiger partial charge in [-0.15, -0.1) is 0 Å². The Bertz CT molecular complexity index is 1130. The molecule has 7 nitrogen and oxygen atoms in total. The van der Waals surface area contributed by atoms with Crippen LogP contribution in [-0.2, 0) is 4.79 Å². The molecule has 2 aromatic carbocycles. The maximum atomic E-state index is 14.0. The third-order valence-corrected chi connectivity index (χ3v) is 6.33. The first kappa shape index (κ1) is 24.3. The number of ether oxygens (including phenoxy) is 2. The van der Waals surface area contributed by atoms with Crippen LogP contribution in [0.25, 0.3) is 0 Å². The largest absolute Gasteiger partial charge is 0.497 e. The van der Waals surface area contributed by atoms with Gasteiger partial charge in [0, 0.05) is 23.5 Å². The van der Waals surface area contributed by atoms with Gasteiger partial charge in [-0.3, -0.25) is 19.5 Å². The number of carbonyl (C=O) groups excluding carboxylic acids is 2. The lowest BCUT2D eigenvalue weighted by Gasteiger charge is -2.34. The third kappa shape index (κ3) is 5.62. The molecule has 0 unspecified atom stereocenters. The summed E-state index contributed by atoms with van der Waals surface area (Å²) in [6.45, 7) is 0. The Kier molecular flexibility index (Phi) is 7.98. The molecule has 4 rings (SSSR count). The fraction of sp³-hybridized carbons (Fsp3) is 0.321. The molecule has 1 aromatic heterocycles. The number of nitrogens with zero attached hydrogens (tertiary/aromatic N) is 2. The van der Waals surface area contributed by atoms with E-state index >= 15 is 0 Å². The van der Waals surface area contributed by atoms with Crippen LogP contribution >= 0.6 is 0 Å². The van der Waals surface area contributed by atoms with Gasteiger partial charge in [-0.1, -0.05) is 43.5 Å². The summed E-state index contributed by atoms with van der Waals surface area (Å²) in [4.78, 5) is 33.7. The molecule has 0 radical (unpaired) electrons. The van der Waals surface area contributed by atoms with Crippen LogP contribution < -0.4 is 19.7 Å². The van der Waals surface area contributed by atoms with Gasteiger partial charge in [0.25, 0.3) is 5.91 Å². The van der Waals surface area contributed by atoms with E-state index in [1.807, 2.05) is 30.3 Å². The summed E-state index contributed by atoms with van der Waals surface area (Å²) in [5, 5.41) is 3.21. The number of nitrogens with one attached hydrogen (secondary N) is 1. The van der Waals surface area contributed by atoms with Crippen LogP contribution in [0.3, 0.4) is 0 Å². The van der Waals surface area contributed by atoms with Crippen molar-refractivity contribution in [2.75, 3.05) is 19.1 Å². The second-order valence-electron chi connectivity index (χ2n) is 8.58. The van der Waals surface area contributed by atoms with Crippen LogP contribution in [0.2, 0.25) is 0 Å². The van der Waals surface area contributed by atoms with E-state index in [1.54, 1.807) is 56.8 Å². The van der Waals surface area contributed by atoms with Gasteiger partial charge in [-0.25, -0.2) is 0 Å². The minimum absolute atomic E-state index is 0.0675. The fourth-order valence-corrected chi connectivity index (χ4v) is 4.56. The number of aromatic nitrogens is 1. The Morgan fingerprint density at radius 2 is 1.69 bits per heavy atom. The molecule has 0 bridgehead atoms. The van der Waals surface area contributed by atoms with Crippen LogP contribution in [0.15, 0.2) is 72.9 Å². The predicted octanol–water partition coefficient (Wildman–Crippen LogP) is 4.94. The monoisotopic (exact) mass is 473 g/mol. The van der Waals surface area contributed by atoms with E-state index in [0.717, 1.165) is 25.7 Å². The molecule has 1 N–H and O–H groups in total. The number of amides is 2. The minimum Gasteiger partial charge on any atom is -0.497 e. The normalized spacial score (nSPS) is 14.6. The quantitative estimate of drug-likeness (QED) is 0.501. The Hall–Kier alpha value is -3.87. The van der Waals surface area contributed by atoms with Gasteiger partial charge in [0.15, 0.2) is 0 Å². The molecule has 35 heavy (non-hydrogen) atoms. The third-order valence-electron chi connectivity index (χ3n) is 6.33. The number of benzene rings is 2. The van der Waals surface area contributed by atoms with Crippen molar-refractivity contribution >= 4 is 17.5 Å². The van der Waals surface area contributed by atoms with E-state index in [0.29, 0.717) is 22.7 Å². The van der Waals surface area contributed by atoms with Crippen LogP contribution in [0.4, 0.5) is 5.69 Å².